The number of amides is 1. The van der Waals surface area contributed by atoms with Gasteiger partial charge in [-0.2, -0.15) is 0 Å². The van der Waals surface area contributed by atoms with Crippen LogP contribution in [0.3, 0.4) is 0 Å². The van der Waals surface area contributed by atoms with Gasteiger partial charge in [-0.25, -0.2) is 18.2 Å². The van der Waals surface area contributed by atoms with Crippen molar-refractivity contribution in [3.05, 3.63) is 28.5 Å². The van der Waals surface area contributed by atoms with E-state index in [9.17, 15) is 22.8 Å². The minimum atomic E-state index is -1.29. The fourth-order valence-electron chi connectivity index (χ4n) is 3.46. The average molecular weight is 414 g/mol. The van der Waals surface area contributed by atoms with Gasteiger partial charge in [-0.3, -0.25) is 9.59 Å². The van der Waals surface area contributed by atoms with Crippen molar-refractivity contribution in [3.63, 3.8) is 0 Å². The zero-order valence-electron chi connectivity index (χ0n) is 15.5. The van der Waals surface area contributed by atoms with E-state index < -0.39 is 23.4 Å². The van der Waals surface area contributed by atoms with Gasteiger partial charge < -0.3 is 9.64 Å². The van der Waals surface area contributed by atoms with Gasteiger partial charge in [0.25, 0.3) is 0 Å². The van der Waals surface area contributed by atoms with Gasteiger partial charge in [0, 0.05) is 18.5 Å². The molecule has 0 radical (unpaired) electrons. The fraction of sp³-hybridized carbons (Fsp3) is 0.526. The molecule has 0 spiro atoms. The lowest BCUT2D eigenvalue weighted by Gasteiger charge is -2.28. The summed E-state index contributed by atoms with van der Waals surface area (Å²) in [5, 5.41) is 0.329. The first-order chi connectivity index (χ1) is 13.4. The number of aromatic nitrogens is 1. The Balaban J connectivity index is 1.80. The Morgan fingerprint density at radius 3 is 2.61 bits per heavy atom. The standard InChI is InChI=1S/C19H21F3N2O3S/c1-2-27-16(26)8-7-15(25)24(11-5-3-4-6-11)10-14-23-18-17(22)12(20)9-13(21)19(18)28-14/h9,11H,2-8,10H2,1H3. The molecule has 3 rings (SSSR count). The van der Waals surface area contributed by atoms with Crippen LogP contribution >= 0.6 is 11.3 Å². The van der Waals surface area contributed by atoms with E-state index in [0.717, 1.165) is 37.0 Å². The summed E-state index contributed by atoms with van der Waals surface area (Å²) in [6, 6.07) is 0.493. The normalized spacial score (nSPS) is 14.6. The minimum absolute atomic E-state index is 0.00240. The van der Waals surface area contributed by atoms with E-state index in [0.29, 0.717) is 11.1 Å². The molecule has 1 fully saturated rings. The molecule has 2 aromatic rings. The molecular formula is C19H21F3N2O3S. The van der Waals surface area contributed by atoms with Crippen molar-refractivity contribution in [2.75, 3.05) is 6.61 Å². The highest BCUT2D eigenvalue weighted by atomic mass is 32.1. The van der Waals surface area contributed by atoms with Crippen molar-refractivity contribution >= 4 is 33.4 Å². The number of hydrogen-bond donors (Lipinski definition) is 0. The Kier molecular flexibility index (Phi) is 6.53. The van der Waals surface area contributed by atoms with Crippen molar-refractivity contribution in [3.8, 4) is 0 Å². The molecule has 0 bridgehead atoms. The second-order valence-corrected chi connectivity index (χ2v) is 7.79. The van der Waals surface area contributed by atoms with Crippen molar-refractivity contribution in [1.29, 1.82) is 0 Å². The fourth-order valence-corrected chi connectivity index (χ4v) is 4.43. The number of esters is 1. The third kappa shape index (κ3) is 4.45. The molecule has 152 valence electrons. The summed E-state index contributed by atoms with van der Waals surface area (Å²) in [5.41, 5.74) is -0.358. The Hall–Kier alpha value is -2.16. The van der Waals surface area contributed by atoms with Crippen LogP contribution in [0.5, 0.6) is 0 Å². The smallest absolute Gasteiger partial charge is 0.306 e. The molecule has 1 amide bonds. The molecule has 1 aromatic heterocycles. The maximum absolute atomic E-state index is 14.0. The molecule has 0 N–H and O–H groups in total. The molecule has 0 saturated heterocycles. The average Bonchev–Trinajstić information content (AvgIpc) is 3.32. The van der Waals surface area contributed by atoms with Crippen LogP contribution in [0.2, 0.25) is 0 Å². The van der Waals surface area contributed by atoms with E-state index in [1.54, 1.807) is 11.8 Å². The Morgan fingerprint density at radius 2 is 1.93 bits per heavy atom. The highest BCUT2D eigenvalue weighted by Gasteiger charge is 2.28. The molecule has 1 aromatic carbocycles. The van der Waals surface area contributed by atoms with E-state index in [-0.39, 0.29) is 48.2 Å². The molecule has 1 heterocycles. The molecule has 28 heavy (non-hydrogen) atoms. The van der Waals surface area contributed by atoms with Crippen LogP contribution < -0.4 is 0 Å². The summed E-state index contributed by atoms with van der Waals surface area (Å²) in [4.78, 5) is 29.9. The van der Waals surface area contributed by atoms with Gasteiger partial charge in [0.05, 0.1) is 24.3 Å². The van der Waals surface area contributed by atoms with E-state index in [1.807, 2.05) is 0 Å². The van der Waals surface area contributed by atoms with Gasteiger partial charge >= 0.3 is 5.97 Å². The van der Waals surface area contributed by atoms with Crippen LogP contribution in [-0.2, 0) is 20.9 Å². The molecule has 1 aliphatic rings. The zero-order valence-corrected chi connectivity index (χ0v) is 16.3. The third-order valence-electron chi connectivity index (χ3n) is 4.80. The highest BCUT2D eigenvalue weighted by Crippen LogP contribution is 2.31. The number of thiazole rings is 1. The third-order valence-corrected chi connectivity index (χ3v) is 5.85. The van der Waals surface area contributed by atoms with Crippen molar-refractivity contribution < 1.29 is 27.5 Å². The molecule has 0 unspecified atom stereocenters. The quantitative estimate of drug-likeness (QED) is 0.500. The zero-order chi connectivity index (χ0) is 20.3. The number of carbonyl (C=O) groups excluding carboxylic acids is 2. The number of nitrogens with zero attached hydrogens (tertiary/aromatic N) is 2. The summed E-state index contributed by atoms with van der Waals surface area (Å²) in [6.07, 6.45) is 3.60. The van der Waals surface area contributed by atoms with E-state index in [2.05, 4.69) is 4.98 Å². The van der Waals surface area contributed by atoms with Gasteiger partial charge in [0.1, 0.15) is 16.3 Å². The summed E-state index contributed by atoms with van der Waals surface area (Å²) in [5.74, 6) is -4.04. The Labute approximate surface area is 164 Å². The van der Waals surface area contributed by atoms with Crippen molar-refractivity contribution in [2.24, 2.45) is 0 Å². The largest absolute Gasteiger partial charge is 0.466 e. The molecule has 1 aliphatic carbocycles. The number of benzene rings is 1. The number of fused-ring (bicyclic) bond motifs is 1. The first kappa shape index (κ1) is 20.6. The molecule has 1 saturated carbocycles. The number of rotatable bonds is 7. The van der Waals surface area contributed by atoms with E-state index >= 15 is 0 Å². The molecule has 0 atom stereocenters. The van der Waals surface area contributed by atoms with E-state index in [4.69, 9.17) is 4.74 Å². The lowest BCUT2D eigenvalue weighted by Crippen LogP contribution is -2.38. The lowest BCUT2D eigenvalue weighted by molar-refractivity contribution is -0.146. The predicted molar refractivity (Wildman–Crippen MR) is 98.2 cm³/mol. The van der Waals surface area contributed by atoms with Crippen LogP contribution in [0.1, 0.15) is 50.5 Å². The minimum Gasteiger partial charge on any atom is -0.466 e. The summed E-state index contributed by atoms with van der Waals surface area (Å²) in [6.45, 7) is 2.02. The van der Waals surface area contributed by atoms with Gasteiger partial charge in [-0.1, -0.05) is 12.8 Å². The van der Waals surface area contributed by atoms with Crippen LogP contribution in [0.25, 0.3) is 10.2 Å². The monoisotopic (exact) mass is 414 g/mol. The van der Waals surface area contributed by atoms with Gasteiger partial charge in [0.15, 0.2) is 11.6 Å². The number of carbonyl (C=O) groups is 2. The Morgan fingerprint density at radius 1 is 1.21 bits per heavy atom. The lowest BCUT2D eigenvalue weighted by atomic mass is 10.1. The van der Waals surface area contributed by atoms with Crippen LogP contribution in [-0.4, -0.2) is 34.4 Å². The summed E-state index contributed by atoms with van der Waals surface area (Å²) in [7, 11) is 0. The second kappa shape index (κ2) is 8.89. The van der Waals surface area contributed by atoms with E-state index in [1.165, 1.54) is 0 Å². The number of ether oxygens (including phenoxy) is 1. The van der Waals surface area contributed by atoms with Crippen LogP contribution in [0, 0.1) is 17.5 Å². The first-order valence-corrected chi connectivity index (χ1v) is 10.1. The highest BCUT2D eigenvalue weighted by molar-refractivity contribution is 7.18. The topological polar surface area (TPSA) is 59.5 Å². The predicted octanol–water partition coefficient (Wildman–Crippen LogP) is 4.33. The maximum atomic E-state index is 14.0. The summed E-state index contributed by atoms with van der Waals surface area (Å²) >= 11 is 0.906. The maximum Gasteiger partial charge on any atom is 0.306 e. The summed E-state index contributed by atoms with van der Waals surface area (Å²) < 4.78 is 46.1. The molecular weight excluding hydrogens is 393 g/mol. The van der Waals surface area contributed by atoms with Crippen molar-refractivity contribution in [2.45, 2.75) is 58.0 Å². The molecule has 5 nitrogen and oxygen atoms in total. The van der Waals surface area contributed by atoms with Crippen LogP contribution in [0.4, 0.5) is 13.2 Å². The second-order valence-electron chi connectivity index (χ2n) is 6.70. The van der Waals surface area contributed by atoms with Crippen molar-refractivity contribution in [1.82, 2.24) is 9.88 Å². The number of halogens is 3. The molecule has 0 aliphatic heterocycles. The first-order valence-electron chi connectivity index (χ1n) is 9.28. The Bertz CT molecular complexity index is 881. The molecule has 9 heteroatoms. The van der Waals surface area contributed by atoms with Crippen LogP contribution in [0.15, 0.2) is 6.07 Å². The SMILES string of the molecule is CCOC(=O)CCC(=O)N(Cc1nc2c(F)c(F)cc(F)c2s1)C1CCCC1. The van der Waals surface area contributed by atoms with Gasteiger partial charge in [0.2, 0.25) is 5.91 Å². The number of hydrogen-bond acceptors (Lipinski definition) is 5. The van der Waals surface area contributed by atoms with Gasteiger partial charge in [-0.05, 0) is 19.8 Å². The van der Waals surface area contributed by atoms with Gasteiger partial charge in [-0.15, -0.1) is 11.3 Å².